The third-order valence-electron chi connectivity index (χ3n) is 3.99. The number of nitrogens with zero attached hydrogens (tertiary/aromatic N) is 2. The Hall–Kier alpha value is -2.36. The molecule has 27 heavy (non-hydrogen) atoms. The zero-order chi connectivity index (χ0) is 19.4. The maximum atomic E-state index is 13.0. The predicted octanol–water partition coefficient (Wildman–Crippen LogP) is 2.97. The van der Waals surface area contributed by atoms with Gasteiger partial charge in [-0.05, 0) is 31.5 Å². The third-order valence-corrected chi connectivity index (χ3v) is 6.04. The second-order valence-corrected chi connectivity index (χ2v) is 8.19. The minimum absolute atomic E-state index is 0.0368. The Morgan fingerprint density at radius 3 is 2.63 bits per heavy atom. The van der Waals surface area contributed by atoms with Crippen LogP contribution in [0.5, 0.6) is 0 Å². The summed E-state index contributed by atoms with van der Waals surface area (Å²) in [5, 5.41) is 0. The van der Waals surface area contributed by atoms with Crippen molar-refractivity contribution >= 4 is 38.8 Å². The molecule has 1 atom stereocenters. The van der Waals surface area contributed by atoms with E-state index in [-0.39, 0.29) is 17.9 Å². The van der Waals surface area contributed by atoms with E-state index in [4.69, 9.17) is 4.74 Å². The first-order valence-electron chi connectivity index (χ1n) is 8.36. The Morgan fingerprint density at radius 2 is 1.93 bits per heavy atom. The number of hydrogen-bond acceptors (Lipinski definition) is 7. The number of aromatic nitrogens is 2. The lowest BCUT2D eigenvalue weighted by molar-refractivity contribution is -0.143. The van der Waals surface area contributed by atoms with E-state index in [2.05, 4.69) is 13.5 Å². The minimum Gasteiger partial charge on any atom is -0.466 e. The first-order valence-corrected chi connectivity index (χ1v) is 10.6. The summed E-state index contributed by atoms with van der Waals surface area (Å²) >= 11 is 0.951. The number of carbonyl (C=O) groups excluding carboxylic acids is 1. The predicted molar refractivity (Wildman–Crippen MR) is 103 cm³/mol. The van der Waals surface area contributed by atoms with Crippen molar-refractivity contribution in [3.8, 4) is 0 Å². The summed E-state index contributed by atoms with van der Waals surface area (Å²) in [7, 11) is -3.93. The van der Waals surface area contributed by atoms with E-state index >= 15 is 0 Å². The number of nitrogens with one attached hydrogen (secondary N) is 1. The molecule has 0 fully saturated rings. The van der Waals surface area contributed by atoms with Crippen LogP contribution in [-0.2, 0) is 19.6 Å². The first-order chi connectivity index (χ1) is 12.9. The molecule has 3 aromatic rings. The molecule has 0 saturated carbocycles. The van der Waals surface area contributed by atoms with Crippen LogP contribution in [0.4, 0.5) is 0 Å². The molecule has 7 nitrogen and oxygen atoms in total. The van der Waals surface area contributed by atoms with Crippen LogP contribution < -0.4 is 4.72 Å². The summed E-state index contributed by atoms with van der Waals surface area (Å²) in [4.78, 5) is 12.0. The van der Waals surface area contributed by atoms with Crippen molar-refractivity contribution in [2.24, 2.45) is 0 Å². The number of esters is 1. The van der Waals surface area contributed by atoms with E-state index in [1.54, 1.807) is 31.2 Å². The van der Waals surface area contributed by atoms with Gasteiger partial charge in [-0.2, -0.15) is 8.75 Å². The monoisotopic (exact) mass is 405 g/mol. The van der Waals surface area contributed by atoms with E-state index < -0.39 is 22.0 Å². The van der Waals surface area contributed by atoms with Gasteiger partial charge in [-0.25, -0.2) is 13.1 Å². The second-order valence-electron chi connectivity index (χ2n) is 5.98. The van der Waals surface area contributed by atoms with E-state index in [0.717, 1.165) is 17.3 Å². The van der Waals surface area contributed by atoms with Crippen LogP contribution in [0, 0.1) is 6.92 Å². The van der Waals surface area contributed by atoms with Crippen LogP contribution >= 0.6 is 11.7 Å². The van der Waals surface area contributed by atoms with Gasteiger partial charge in [0, 0.05) is 0 Å². The van der Waals surface area contributed by atoms with E-state index in [1.807, 2.05) is 19.1 Å². The Kier molecular flexibility index (Phi) is 5.83. The largest absolute Gasteiger partial charge is 0.466 e. The van der Waals surface area contributed by atoms with E-state index in [9.17, 15) is 13.2 Å². The van der Waals surface area contributed by atoms with Gasteiger partial charge in [0.15, 0.2) is 0 Å². The number of ether oxygens (including phenoxy) is 1. The number of fused-ring (bicyclic) bond motifs is 1. The number of sulfonamides is 1. The summed E-state index contributed by atoms with van der Waals surface area (Å²) < 4.78 is 41.8. The standard InChI is InChI=1S/C18H19N3O4S2/c1-3-25-17(22)11-15(13-9-7-12(2)8-10-13)21-27(23,24)16-6-4-5-14-18(16)20-26-19-14/h4-10,15,21H,3,11H2,1-2H3/t15-/m1/s1. The number of aryl methyl sites for hydroxylation is 1. The summed E-state index contributed by atoms with van der Waals surface area (Å²) in [6.45, 7) is 3.87. The average Bonchev–Trinajstić information content (AvgIpc) is 3.10. The van der Waals surface area contributed by atoms with Crippen LogP contribution in [0.3, 0.4) is 0 Å². The van der Waals surface area contributed by atoms with Crippen molar-refractivity contribution in [3.05, 3.63) is 53.6 Å². The van der Waals surface area contributed by atoms with E-state index in [1.165, 1.54) is 6.07 Å². The molecule has 0 aliphatic heterocycles. The molecular formula is C18H19N3O4S2. The second kappa shape index (κ2) is 8.12. The molecule has 0 radical (unpaired) electrons. The number of hydrogen-bond donors (Lipinski definition) is 1. The van der Waals surface area contributed by atoms with Crippen LogP contribution in [0.2, 0.25) is 0 Å². The SMILES string of the molecule is CCOC(=O)C[C@@H](NS(=O)(=O)c1cccc2nsnc12)c1ccc(C)cc1. The smallest absolute Gasteiger partial charge is 0.307 e. The summed E-state index contributed by atoms with van der Waals surface area (Å²) in [6, 6.07) is 11.4. The molecule has 9 heteroatoms. The van der Waals surface area contributed by atoms with Gasteiger partial charge in [0.1, 0.15) is 15.9 Å². The zero-order valence-electron chi connectivity index (χ0n) is 14.9. The highest BCUT2D eigenvalue weighted by Gasteiger charge is 2.26. The van der Waals surface area contributed by atoms with Crippen molar-refractivity contribution in [1.82, 2.24) is 13.5 Å². The summed E-state index contributed by atoms with van der Waals surface area (Å²) in [6.07, 6.45) is -0.110. The molecule has 1 heterocycles. The fraction of sp³-hybridized carbons (Fsp3) is 0.278. The van der Waals surface area contributed by atoms with Crippen LogP contribution in [-0.4, -0.2) is 29.7 Å². The highest BCUT2D eigenvalue weighted by Crippen LogP contribution is 2.25. The molecule has 1 N–H and O–H groups in total. The minimum atomic E-state index is -3.93. The molecule has 0 bridgehead atoms. The topological polar surface area (TPSA) is 98.2 Å². The van der Waals surface area contributed by atoms with Crippen LogP contribution in [0.1, 0.15) is 30.5 Å². The molecule has 0 aliphatic carbocycles. The Bertz CT molecular complexity index is 1050. The highest BCUT2D eigenvalue weighted by molar-refractivity contribution is 7.89. The van der Waals surface area contributed by atoms with Gasteiger partial charge >= 0.3 is 5.97 Å². The van der Waals surface area contributed by atoms with Crippen LogP contribution in [0.15, 0.2) is 47.4 Å². The van der Waals surface area contributed by atoms with Crippen molar-refractivity contribution in [2.75, 3.05) is 6.61 Å². The Morgan fingerprint density at radius 1 is 1.19 bits per heavy atom. The lowest BCUT2D eigenvalue weighted by Gasteiger charge is -2.19. The van der Waals surface area contributed by atoms with Crippen molar-refractivity contribution < 1.29 is 17.9 Å². The zero-order valence-corrected chi connectivity index (χ0v) is 16.5. The van der Waals surface area contributed by atoms with Crippen molar-refractivity contribution in [3.63, 3.8) is 0 Å². The van der Waals surface area contributed by atoms with Crippen molar-refractivity contribution in [2.45, 2.75) is 31.2 Å². The summed E-state index contributed by atoms with van der Waals surface area (Å²) in [5.74, 6) is -0.473. The molecule has 0 unspecified atom stereocenters. The molecule has 0 saturated heterocycles. The van der Waals surface area contributed by atoms with Gasteiger partial charge in [0.2, 0.25) is 10.0 Å². The Labute approximate surface area is 161 Å². The molecule has 142 valence electrons. The normalized spacial score (nSPS) is 12.8. The molecule has 3 rings (SSSR count). The fourth-order valence-electron chi connectivity index (χ4n) is 2.66. The lowest BCUT2D eigenvalue weighted by atomic mass is 10.0. The first kappa shape index (κ1) is 19.4. The molecule has 0 spiro atoms. The Balaban J connectivity index is 1.95. The lowest BCUT2D eigenvalue weighted by Crippen LogP contribution is -2.31. The molecular weight excluding hydrogens is 386 g/mol. The molecule has 0 aliphatic rings. The maximum absolute atomic E-state index is 13.0. The average molecular weight is 406 g/mol. The summed E-state index contributed by atoms with van der Waals surface area (Å²) in [5.41, 5.74) is 2.55. The molecule has 0 amide bonds. The molecule has 2 aromatic carbocycles. The van der Waals surface area contributed by atoms with Gasteiger partial charge in [-0.15, -0.1) is 0 Å². The van der Waals surface area contributed by atoms with Crippen LogP contribution in [0.25, 0.3) is 11.0 Å². The van der Waals surface area contributed by atoms with Gasteiger partial charge < -0.3 is 4.74 Å². The quantitative estimate of drug-likeness (QED) is 0.607. The highest BCUT2D eigenvalue weighted by atomic mass is 32.2. The maximum Gasteiger partial charge on any atom is 0.307 e. The number of rotatable bonds is 7. The van der Waals surface area contributed by atoms with Gasteiger partial charge in [-0.1, -0.05) is 35.9 Å². The van der Waals surface area contributed by atoms with Crippen molar-refractivity contribution in [1.29, 1.82) is 0 Å². The third kappa shape index (κ3) is 4.49. The van der Waals surface area contributed by atoms with Gasteiger partial charge in [0.25, 0.3) is 0 Å². The number of benzene rings is 2. The van der Waals surface area contributed by atoms with Gasteiger partial charge in [0.05, 0.1) is 30.8 Å². The fourth-order valence-corrected chi connectivity index (χ4v) is 4.65. The molecule has 1 aromatic heterocycles. The van der Waals surface area contributed by atoms with E-state index in [0.29, 0.717) is 16.6 Å². The number of carbonyl (C=O) groups is 1. The van der Waals surface area contributed by atoms with Gasteiger partial charge in [-0.3, -0.25) is 4.79 Å².